The van der Waals surface area contributed by atoms with Gasteiger partial charge in [0.25, 0.3) is 0 Å². The van der Waals surface area contributed by atoms with E-state index in [4.69, 9.17) is 4.98 Å². The van der Waals surface area contributed by atoms with Crippen LogP contribution in [-0.2, 0) is 0 Å². The quantitative estimate of drug-likeness (QED) is 0.295. The van der Waals surface area contributed by atoms with Crippen LogP contribution in [0.25, 0.3) is 39.2 Å². The Morgan fingerprint density at radius 3 is 1.91 bits per heavy atom. The minimum absolute atomic E-state index is 0.233. The molecule has 0 amide bonds. The number of hydrogen-bond donors (Lipinski definition) is 1. The summed E-state index contributed by atoms with van der Waals surface area (Å²) in [7, 11) is 0. The zero-order chi connectivity index (χ0) is 23.8. The van der Waals surface area contributed by atoms with E-state index in [2.05, 4.69) is 86.9 Å². The van der Waals surface area contributed by atoms with E-state index in [9.17, 15) is 5.11 Å². The number of phenolic OH excluding ortho intramolecular Hbond substituents is 1. The van der Waals surface area contributed by atoms with Crippen LogP contribution in [0, 0.1) is 0 Å². The van der Waals surface area contributed by atoms with Crippen LogP contribution in [0.1, 0.15) is 50.7 Å². The van der Waals surface area contributed by atoms with E-state index < -0.39 is 0 Å². The first-order valence-corrected chi connectivity index (χ1v) is 11.9. The molecule has 3 heteroatoms. The number of phenols is 1. The molecule has 0 unspecified atom stereocenters. The molecular weight excluding hydrogens is 416 g/mol. The molecule has 0 spiro atoms. The summed E-state index contributed by atoms with van der Waals surface area (Å²) >= 11 is 0. The molecule has 5 rings (SSSR count). The Bertz CT molecular complexity index is 1430. The van der Waals surface area contributed by atoms with Gasteiger partial charge in [-0.15, -0.1) is 0 Å². The topological polar surface area (TPSA) is 38.0 Å². The molecule has 0 bridgehead atoms. The predicted molar refractivity (Wildman–Crippen MR) is 142 cm³/mol. The van der Waals surface area contributed by atoms with Gasteiger partial charge in [0, 0.05) is 0 Å². The zero-order valence-electron chi connectivity index (χ0n) is 20.2. The first kappa shape index (κ1) is 22.0. The molecule has 0 aliphatic carbocycles. The molecule has 1 N–H and O–H groups in total. The predicted octanol–water partition coefficient (Wildman–Crippen LogP) is 8.31. The van der Waals surface area contributed by atoms with Crippen molar-refractivity contribution in [3.63, 3.8) is 0 Å². The molecule has 0 saturated carbocycles. The van der Waals surface area contributed by atoms with Crippen LogP contribution in [-0.4, -0.2) is 14.7 Å². The summed E-state index contributed by atoms with van der Waals surface area (Å²) in [5.41, 5.74) is 8.83. The van der Waals surface area contributed by atoms with E-state index in [0.717, 1.165) is 28.1 Å². The van der Waals surface area contributed by atoms with Crippen molar-refractivity contribution in [1.29, 1.82) is 0 Å². The number of imidazole rings is 1. The second kappa shape index (κ2) is 8.83. The highest BCUT2D eigenvalue weighted by molar-refractivity contribution is 5.86. The molecule has 0 radical (unpaired) electrons. The van der Waals surface area contributed by atoms with E-state index >= 15 is 0 Å². The van der Waals surface area contributed by atoms with Crippen LogP contribution in [0.15, 0.2) is 91.0 Å². The van der Waals surface area contributed by atoms with Gasteiger partial charge in [0.2, 0.25) is 0 Å². The molecule has 0 atom stereocenters. The van der Waals surface area contributed by atoms with E-state index in [1.54, 1.807) is 6.07 Å². The highest BCUT2D eigenvalue weighted by Crippen LogP contribution is 2.41. The molecule has 170 valence electrons. The van der Waals surface area contributed by atoms with Gasteiger partial charge in [0.1, 0.15) is 11.6 Å². The molecule has 5 aromatic rings. The Morgan fingerprint density at radius 2 is 1.26 bits per heavy atom. The van der Waals surface area contributed by atoms with Crippen molar-refractivity contribution in [3.05, 3.63) is 102 Å². The summed E-state index contributed by atoms with van der Waals surface area (Å²) in [5, 5.41) is 10.8. The molecule has 3 nitrogen and oxygen atoms in total. The summed E-state index contributed by atoms with van der Waals surface area (Å²) in [4.78, 5) is 5.00. The van der Waals surface area contributed by atoms with Gasteiger partial charge in [-0.3, -0.25) is 4.57 Å². The van der Waals surface area contributed by atoms with E-state index in [1.807, 2.05) is 30.3 Å². The molecule has 4 aromatic carbocycles. The van der Waals surface area contributed by atoms with Gasteiger partial charge in [0.05, 0.1) is 22.3 Å². The number of para-hydroxylation sites is 3. The van der Waals surface area contributed by atoms with Crippen LogP contribution in [0.2, 0.25) is 0 Å². The average molecular weight is 447 g/mol. The molecule has 0 aliphatic heterocycles. The zero-order valence-corrected chi connectivity index (χ0v) is 20.2. The summed E-state index contributed by atoms with van der Waals surface area (Å²) < 4.78 is 2.25. The van der Waals surface area contributed by atoms with Crippen molar-refractivity contribution in [2.45, 2.75) is 39.5 Å². The Labute approximate surface area is 201 Å². The lowest BCUT2D eigenvalue weighted by Crippen LogP contribution is -2.09. The number of rotatable bonds is 5. The molecule has 0 aliphatic rings. The number of hydrogen-bond acceptors (Lipinski definition) is 2. The Balaban J connectivity index is 1.90. The first-order valence-electron chi connectivity index (χ1n) is 11.9. The third-order valence-electron chi connectivity index (χ3n) is 6.45. The Kier molecular flexibility index (Phi) is 5.70. The number of fused-ring (bicyclic) bond motifs is 1. The normalized spacial score (nSPS) is 11.6. The summed E-state index contributed by atoms with van der Waals surface area (Å²) in [6.45, 7) is 8.99. The van der Waals surface area contributed by atoms with Crippen molar-refractivity contribution in [2.75, 3.05) is 0 Å². The highest BCUT2D eigenvalue weighted by atomic mass is 16.3. The van der Waals surface area contributed by atoms with E-state index in [-0.39, 0.29) is 5.75 Å². The van der Waals surface area contributed by atoms with Gasteiger partial charge < -0.3 is 5.11 Å². The third-order valence-corrected chi connectivity index (χ3v) is 6.45. The minimum atomic E-state index is 0.233. The van der Waals surface area contributed by atoms with Crippen molar-refractivity contribution in [2.24, 2.45) is 0 Å². The van der Waals surface area contributed by atoms with Crippen molar-refractivity contribution in [1.82, 2.24) is 9.55 Å². The second-order valence-electron chi connectivity index (χ2n) is 9.46. The number of aromatic hydroxyl groups is 1. The summed E-state index contributed by atoms with van der Waals surface area (Å²) in [6.07, 6.45) is 0. The van der Waals surface area contributed by atoms with Crippen molar-refractivity contribution >= 4 is 11.0 Å². The fourth-order valence-corrected chi connectivity index (χ4v) is 4.71. The number of nitrogens with zero attached hydrogens (tertiary/aromatic N) is 2. The lowest BCUT2D eigenvalue weighted by molar-refractivity contribution is 0.477. The number of benzene rings is 4. The number of aromatic nitrogens is 2. The van der Waals surface area contributed by atoms with Crippen LogP contribution in [0.3, 0.4) is 0 Å². The minimum Gasteiger partial charge on any atom is -0.507 e. The van der Waals surface area contributed by atoms with Crippen LogP contribution in [0.4, 0.5) is 0 Å². The van der Waals surface area contributed by atoms with Gasteiger partial charge in [-0.1, -0.05) is 82.3 Å². The van der Waals surface area contributed by atoms with E-state index in [1.165, 1.54) is 22.3 Å². The Morgan fingerprint density at radius 1 is 0.676 bits per heavy atom. The Hall–Kier alpha value is -3.85. The van der Waals surface area contributed by atoms with Crippen molar-refractivity contribution in [3.8, 4) is 34.0 Å². The largest absolute Gasteiger partial charge is 0.507 e. The molecule has 0 fully saturated rings. The fourth-order valence-electron chi connectivity index (χ4n) is 4.71. The lowest BCUT2D eigenvalue weighted by atomic mass is 9.88. The SMILES string of the molecule is CC(C)c1cc(-c2ccccc2)cc(C(C)C)c1-n1c(-c2ccccc2O)nc2ccccc21. The maximum atomic E-state index is 10.8. The van der Waals surface area contributed by atoms with Gasteiger partial charge in [0.15, 0.2) is 0 Å². The van der Waals surface area contributed by atoms with Crippen LogP contribution in [0.5, 0.6) is 5.75 Å². The molecule has 1 heterocycles. The fraction of sp³-hybridized carbons (Fsp3) is 0.194. The molecule has 1 aromatic heterocycles. The maximum Gasteiger partial charge on any atom is 0.149 e. The van der Waals surface area contributed by atoms with Gasteiger partial charge in [-0.2, -0.15) is 0 Å². The first-order chi connectivity index (χ1) is 16.5. The van der Waals surface area contributed by atoms with Gasteiger partial charge in [-0.05, 0) is 70.5 Å². The maximum absolute atomic E-state index is 10.8. The second-order valence-corrected chi connectivity index (χ2v) is 9.46. The summed E-state index contributed by atoms with van der Waals surface area (Å²) in [5.74, 6) is 1.59. The highest BCUT2D eigenvalue weighted by Gasteiger charge is 2.24. The van der Waals surface area contributed by atoms with Gasteiger partial charge >= 0.3 is 0 Å². The van der Waals surface area contributed by atoms with Crippen LogP contribution < -0.4 is 0 Å². The molecular formula is C31H30N2O. The average Bonchev–Trinajstić information content (AvgIpc) is 3.23. The molecule has 0 saturated heterocycles. The van der Waals surface area contributed by atoms with Crippen molar-refractivity contribution < 1.29 is 5.11 Å². The van der Waals surface area contributed by atoms with Crippen LogP contribution >= 0.6 is 0 Å². The summed E-state index contributed by atoms with van der Waals surface area (Å²) in [6, 6.07) is 30.9. The monoisotopic (exact) mass is 446 g/mol. The lowest BCUT2D eigenvalue weighted by Gasteiger charge is -2.24. The third kappa shape index (κ3) is 3.77. The smallest absolute Gasteiger partial charge is 0.149 e. The molecule has 34 heavy (non-hydrogen) atoms. The standard InChI is InChI=1S/C31H30N2O/c1-20(2)25-18-23(22-12-6-5-7-13-22)19-26(21(3)4)30(25)33-28-16-10-9-15-27(28)32-31(33)24-14-8-11-17-29(24)34/h5-21,34H,1-4H3. The van der Waals surface area contributed by atoms with Gasteiger partial charge in [-0.25, -0.2) is 4.98 Å². The van der Waals surface area contributed by atoms with E-state index in [0.29, 0.717) is 11.8 Å².